The Hall–Kier alpha value is -1.93. The van der Waals surface area contributed by atoms with Gasteiger partial charge in [0.1, 0.15) is 0 Å². The van der Waals surface area contributed by atoms with E-state index in [4.69, 9.17) is 11.7 Å². The number of rotatable bonds is 4. The highest BCUT2D eigenvalue weighted by Crippen LogP contribution is 2.13. The maximum atomic E-state index is 8.62. The molecular formula is C13H14N2. The van der Waals surface area contributed by atoms with Gasteiger partial charge in [0.2, 0.25) is 0 Å². The molecule has 0 bridgehead atoms. The summed E-state index contributed by atoms with van der Waals surface area (Å²) in [5, 5.41) is 11.9. The Morgan fingerprint density at radius 2 is 2.33 bits per heavy atom. The molecule has 0 saturated carbocycles. The summed E-state index contributed by atoms with van der Waals surface area (Å²) in [6.07, 6.45) is 6.75. The van der Waals surface area contributed by atoms with E-state index in [1.165, 1.54) is 0 Å². The molecule has 0 aliphatic carbocycles. The van der Waals surface area contributed by atoms with E-state index in [0.29, 0.717) is 6.42 Å². The molecule has 0 aliphatic rings. The van der Waals surface area contributed by atoms with Crippen molar-refractivity contribution in [1.29, 1.82) is 5.26 Å². The van der Waals surface area contributed by atoms with Gasteiger partial charge in [-0.1, -0.05) is 18.9 Å². The van der Waals surface area contributed by atoms with Crippen LogP contribution in [0.3, 0.4) is 0 Å². The minimum atomic E-state index is 0.197. The van der Waals surface area contributed by atoms with Crippen LogP contribution in [-0.2, 0) is 0 Å². The van der Waals surface area contributed by atoms with Crippen molar-refractivity contribution in [1.82, 2.24) is 0 Å². The predicted octanol–water partition coefficient (Wildman–Crippen LogP) is 2.77. The number of anilines is 1. The SMILES string of the molecule is C#Cc1cccc(NC(CC)CC#N)c1. The van der Waals surface area contributed by atoms with Crippen molar-refractivity contribution in [3.8, 4) is 18.4 Å². The summed E-state index contributed by atoms with van der Waals surface area (Å²) in [6, 6.07) is 10.0. The smallest absolute Gasteiger partial charge is 0.0643 e. The molecule has 76 valence electrons. The summed E-state index contributed by atoms with van der Waals surface area (Å²) in [5.41, 5.74) is 1.83. The lowest BCUT2D eigenvalue weighted by Gasteiger charge is -2.15. The number of benzene rings is 1. The first kappa shape index (κ1) is 11.1. The quantitative estimate of drug-likeness (QED) is 0.755. The molecule has 0 fully saturated rings. The minimum absolute atomic E-state index is 0.197. The van der Waals surface area contributed by atoms with Crippen molar-refractivity contribution in [3.63, 3.8) is 0 Å². The van der Waals surface area contributed by atoms with Crippen molar-refractivity contribution < 1.29 is 0 Å². The van der Waals surface area contributed by atoms with Crippen molar-refractivity contribution in [2.45, 2.75) is 25.8 Å². The zero-order valence-corrected chi connectivity index (χ0v) is 8.83. The summed E-state index contributed by atoms with van der Waals surface area (Å²) in [5.74, 6) is 2.59. The summed E-state index contributed by atoms with van der Waals surface area (Å²) in [4.78, 5) is 0. The number of nitrogens with zero attached hydrogens (tertiary/aromatic N) is 1. The van der Waals surface area contributed by atoms with Crippen LogP contribution >= 0.6 is 0 Å². The standard InChI is InChI=1S/C13H14N2/c1-3-11-6-5-7-13(10-11)15-12(4-2)8-9-14/h1,5-7,10,12,15H,4,8H2,2H3. The third-order valence-corrected chi connectivity index (χ3v) is 2.23. The third-order valence-electron chi connectivity index (χ3n) is 2.23. The van der Waals surface area contributed by atoms with Gasteiger partial charge in [0.25, 0.3) is 0 Å². The summed E-state index contributed by atoms with van der Waals surface area (Å²) < 4.78 is 0. The fourth-order valence-electron chi connectivity index (χ4n) is 1.34. The molecule has 1 N–H and O–H groups in total. The van der Waals surface area contributed by atoms with Gasteiger partial charge in [-0.3, -0.25) is 0 Å². The molecule has 1 atom stereocenters. The van der Waals surface area contributed by atoms with Gasteiger partial charge >= 0.3 is 0 Å². The number of terminal acetylenes is 1. The van der Waals surface area contributed by atoms with E-state index in [1.54, 1.807) is 0 Å². The summed E-state index contributed by atoms with van der Waals surface area (Å²) >= 11 is 0. The highest BCUT2D eigenvalue weighted by Gasteiger charge is 2.04. The van der Waals surface area contributed by atoms with Gasteiger partial charge in [-0.15, -0.1) is 6.42 Å². The van der Waals surface area contributed by atoms with Crippen molar-refractivity contribution >= 4 is 5.69 Å². The minimum Gasteiger partial charge on any atom is -0.381 e. The van der Waals surface area contributed by atoms with Crippen molar-refractivity contribution in [3.05, 3.63) is 29.8 Å². The van der Waals surface area contributed by atoms with Crippen LogP contribution in [-0.4, -0.2) is 6.04 Å². The van der Waals surface area contributed by atoms with Gasteiger partial charge in [0, 0.05) is 17.3 Å². The summed E-state index contributed by atoms with van der Waals surface area (Å²) in [7, 11) is 0. The number of nitriles is 1. The fourth-order valence-corrected chi connectivity index (χ4v) is 1.34. The molecule has 0 aliphatic heterocycles. The molecule has 0 amide bonds. The highest BCUT2D eigenvalue weighted by molar-refractivity contribution is 5.50. The molecule has 15 heavy (non-hydrogen) atoms. The zero-order valence-electron chi connectivity index (χ0n) is 8.83. The van der Waals surface area contributed by atoms with Crippen LogP contribution in [0, 0.1) is 23.7 Å². The Kier molecular flexibility index (Phi) is 4.26. The Labute approximate surface area is 90.9 Å². The highest BCUT2D eigenvalue weighted by atomic mass is 14.9. The maximum Gasteiger partial charge on any atom is 0.0643 e. The van der Waals surface area contributed by atoms with Crippen LogP contribution in [0.25, 0.3) is 0 Å². The molecule has 0 heterocycles. The number of hydrogen-bond donors (Lipinski definition) is 1. The molecule has 2 heteroatoms. The van der Waals surface area contributed by atoms with Crippen LogP contribution in [0.2, 0.25) is 0 Å². The van der Waals surface area contributed by atoms with Crippen LogP contribution in [0.1, 0.15) is 25.3 Å². The molecule has 0 spiro atoms. The first-order valence-electron chi connectivity index (χ1n) is 5.00. The van der Waals surface area contributed by atoms with E-state index in [0.717, 1.165) is 17.7 Å². The average Bonchev–Trinajstić information content (AvgIpc) is 2.29. The summed E-state index contributed by atoms with van der Waals surface area (Å²) in [6.45, 7) is 2.06. The van der Waals surface area contributed by atoms with E-state index < -0.39 is 0 Å². The third kappa shape index (κ3) is 3.37. The molecular weight excluding hydrogens is 184 g/mol. The normalized spacial score (nSPS) is 11.1. The Balaban J connectivity index is 2.72. The second kappa shape index (κ2) is 5.73. The first-order chi connectivity index (χ1) is 7.30. The average molecular weight is 198 g/mol. The monoisotopic (exact) mass is 198 g/mol. The van der Waals surface area contributed by atoms with E-state index in [1.807, 2.05) is 24.3 Å². The van der Waals surface area contributed by atoms with E-state index in [-0.39, 0.29) is 6.04 Å². The molecule has 0 saturated heterocycles. The maximum absolute atomic E-state index is 8.62. The van der Waals surface area contributed by atoms with Gasteiger partial charge in [-0.25, -0.2) is 0 Å². The van der Waals surface area contributed by atoms with Crippen LogP contribution in [0.4, 0.5) is 5.69 Å². The number of hydrogen-bond acceptors (Lipinski definition) is 2. The topological polar surface area (TPSA) is 35.8 Å². The van der Waals surface area contributed by atoms with Crippen molar-refractivity contribution in [2.75, 3.05) is 5.32 Å². The largest absolute Gasteiger partial charge is 0.381 e. The van der Waals surface area contributed by atoms with Gasteiger partial charge in [0.05, 0.1) is 12.5 Å². The Bertz CT molecular complexity index is 396. The molecule has 0 aromatic heterocycles. The second-order valence-electron chi connectivity index (χ2n) is 3.34. The molecule has 0 radical (unpaired) electrons. The Morgan fingerprint density at radius 3 is 2.93 bits per heavy atom. The predicted molar refractivity (Wildman–Crippen MR) is 62.3 cm³/mol. The van der Waals surface area contributed by atoms with E-state index in [9.17, 15) is 0 Å². The zero-order chi connectivity index (χ0) is 11.1. The molecule has 1 aromatic rings. The molecule has 1 rings (SSSR count). The second-order valence-corrected chi connectivity index (χ2v) is 3.34. The first-order valence-corrected chi connectivity index (χ1v) is 5.00. The number of nitrogens with one attached hydrogen (secondary N) is 1. The fraction of sp³-hybridized carbons (Fsp3) is 0.308. The van der Waals surface area contributed by atoms with Crippen LogP contribution < -0.4 is 5.32 Å². The van der Waals surface area contributed by atoms with Gasteiger partial charge < -0.3 is 5.32 Å². The van der Waals surface area contributed by atoms with Gasteiger partial charge in [0.15, 0.2) is 0 Å². The van der Waals surface area contributed by atoms with Crippen LogP contribution in [0.15, 0.2) is 24.3 Å². The molecule has 2 nitrogen and oxygen atoms in total. The van der Waals surface area contributed by atoms with Crippen LogP contribution in [0.5, 0.6) is 0 Å². The van der Waals surface area contributed by atoms with E-state index >= 15 is 0 Å². The van der Waals surface area contributed by atoms with Gasteiger partial charge in [-0.05, 0) is 24.6 Å². The van der Waals surface area contributed by atoms with Gasteiger partial charge in [-0.2, -0.15) is 5.26 Å². The lowest BCUT2D eigenvalue weighted by atomic mass is 10.1. The molecule has 1 unspecified atom stereocenters. The molecule has 1 aromatic carbocycles. The lowest BCUT2D eigenvalue weighted by molar-refractivity contribution is 0.711. The van der Waals surface area contributed by atoms with E-state index in [2.05, 4.69) is 24.2 Å². The Morgan fingerprint density at radius 1 is 1.53 bits per heavy atom. The van der Waals surface area contributed by atoms with Crippen molar-refractivity contribution in [2.24, 2.45) is 0 Å². The lowest BCUT2D eigenvalue weighted by Crippen LogP contribution is -2.17.